The number of aryl methyl sites for hydroxylation is 1. The van der Waals surface area contributed by atoms with Crippen LogP contribution >= 0.6 is 0 Å². The highest BCUT2D eigenvalue weighted by Crippen LogP contribution is 2.39. The van der Waals surface area contributed by atoms with Gasteiger partial charge in [-0.15, -0.1) is 0 Å². The molecule has 0 amide bonds. The number of nitriles is 1. The summed E-state index contributed by atoms with van der Waals surface area (Å²) in [5.74, 6) is 0.456. The van der Waals surface area contributed by atoms with Crippen LogP contribution in [0.1, 0.15) is 51.3 Å². The summed E-state index contributed by atoms with van der Waals surface area (Å²) in [4.78, 5) is 4.47. The van der Waals surface area contributed by atoms with Crippen molar-refractivity contribution in [3.63, 3.8) is 0 Å². The lowest BCUT2D eigenvalue weighted by molar-refractivity contribution is -0.143. The number of alkyl halides is 3. The topological polar surface area (TPSA) is 111 Å². The van der Waals surface area contributed by atoms with E-state index in [-0.39, 0.29) is 17.9 Å². The average Bonchev–Trinajstić information content (AvgIpc) is 3.61. The van der Waals surface area contributed by atoms with Crippen LogP contribution in [-0.4, -0.2) is 47.5 Å². The van der Waals surface area contributed by atoms with E-state index in [1.54, 1.807) is 44.2 Å². The molecule has 13 heteroatoms. The monoisotopic (exact) mass is 527 g/mol. The molecule has 1 aliphatic rings. The van der Waals surface area contributed by atoms with Crippen molar-refractivity contribution in [3.8, 4) is 23.1 Å². The SMILES string of the molecule is CNc1cc2c(cn1)c(-c1cnn(C(C)(C)C#N)c1)nn2[C@H]1CC[C@@H](Oc2cn(C)nc2C(F)(F)F)CC1. The maximum absolute atomic E-state index is 13.3. The van der Waals surface area contributed by atoms with Crippen LogP contribution in [0.5, 0.6) is 5.75 Å². The second-order valence-electron chi connectivity index (χ2n) is 10.0. The molecule has 0 bridgehead atoms. The molecule has 1 aliphatic carbocycles. The summed E-state index contributed by atoms with van der Waals surface area (Å²) in [7, 11) is 3.23. The quantitative estimate of drug-likeness (QED) is 0.379. The normalized spacial score (nSPS) is 18.5. The number of fused-ring (bicyclic) bond motifs is 1. The fourth-order valence-electron chi connectivity index (χ4n) is 4.80. The summed E-state index contributed by atoms with van der Waals surface area (Å²) < 4.78 is 50.5. The van der Waals surface area contributed by atoms with Crippen LogP contribution in [0.25, 0.3) is 22.2 Å². The van der Waals surface area contributed by atoms with Gasteiger partial charge in [0.05, 0.1) is 36.1 Å². The van der Waals surface area contributed by atoms with E-state index >= 15 is 0 Å². The van der Waals surface area contributed by atoms with E-state index in [0.717, 1.165) is 21.1 Å². The van der Waals surface area contributed by atoms with Gasteiger partial charge in [-0.25, -0.2) is 4.98 Å². The highest BCUT2D eigenvalue weighted by molar-refractivity contribution is 5.93. The molecule has 10 nitrogen and oxygen atoms in total. The third-order valence-corrected chi connectivity index (χ3v) is 6.90. The number of hydrogen-bond donors (Lipinski definition) is 1. The Morgan fingerprint density at radius 1 is 1.11 bits per heavy atom. The Kier molecular flexibility index (Phi) is 6.28. The Labute approximate surface area is 217 Å². The molecular weight excluding hydrogens is 499 g/mol. The van der Waals surface area contributed by atoms with Crippen LogP contribution in [-0.2, 0) is 18.8 Å². The molecule has 0 aliphatic heterocycles. The van der Waals surface area contributed by atoms with Gasteiger partial charge in [-0.05, 0) is 39.5 Å². The molecule has 0 saturated heterocycles. The number of pyridine rings is 1. The van der Waals surface area contributed by atoms with Gasteiger partial charge in [-0.1, -0.05) is 0 Å². The van der Waals surface area contributed by atoms with Crippen LogP contribution in [0.2, 0.25) is 0 Å². The fraction of sp³-hybridized carbons (Fsp3) is 0.480. The van der Waals surface area contributed by atoms with Gasteiger partial charge in [-0.2, -0.15) is 33.7 Å². The summed E-state index contributed by atoms with van der Waals surface area (Å²) in [6.07, 6.45) is 4.11. The Hall–Kier alpha value is -4.08. The highest BCUT2D eigenvalue weighted by atomic mass is 19.4. The predicted octanol–water partition coefficient (Wildman–Crippen LogP) is 4.91. The van der Waals surface area contributed by atoms with Crippen molar-refractivity contribution in [1.82, 2.24) is 34.3 Å². The molecule has 0 radical (unpaired) electrons. The van der Waals surface area contributed by atoms with Crippen molar-refractivity contribution in [2.24, 2.45) is 7.05 Å². The zero-order valence-corrected chi connectivity index (χ0v) is 21.5. The number of ether oxygens (including phenoxy) is 1. The molecule has 38 heavy (non-hydrogen) atoms. The standard InChI is InChI=1S/C25H28F3N9O/c1-24(2,14-29)36-12-15(10-32-36)22-18-11-31-21(30-3)9-19(18)37(33-22)16-5-7-17(8-6-16)38-20-13-35(4)34-23(20)25(26,27)28/h9-13,16-17H,5-8H2,1-4H3,(H,30,31)/t16-,17+. The Bertz CT molecular complexity index is 1500. The Morgan fingerprint density at radius 2 is 1.84 bits per heavy atom. The van der Waals surface area contributed by atoms with Crippen LogP contribution < -0.4 is 10.1 Å². The van der Waals surface area contributed by atoms with Crippen molar-refractivity contribution in [1.29, 1.82) is 5.26 Å². The molecule has 0 atom stereocenters. The maximum atomic E-state index is 13.3. The Morgan fingerprint density at radius 3 is 2.50 bits per heavy atom. The molecule has 4 aromatic rings. The lowest BCUT2D eigenvalue weighted by Gasteiger charge is -2.29. The van der Waals surface area contributed by atoms with Gasteiger partial charge in [0, 0.05) is 43.5 Å². The minimum absolute atomic E-state index is 0.0276. The minimum atomic E-state index is -4.58. The molecule has 4 heterocycles. The van der Waals surface area contributed by atoms with E-state index in [1.165, 1.54) is 13.2 Å². The first kappa shape index (κ1) is 25.6. The summed E-state index contributed by atoms with van der Waals surface area (Å²) in [6, 6.07) is 4.20. The van der Waals surface area contributed by atoms with Crippen molar-refractivity contribution in [2.45, 2.75) is 63.4 Å². The first-order valence-corrected chi connectivity index (χ1v) is 12.3. The fourth-order valence-corrected chi connectivity index (χ4v) is 4.80. The molecule has 4 aromatic heterocycles. The first-order valence-electron chi connectivity index (χ1n) is 12.3. The van der Waals surface area contributed by atoms with E-state index in [4.69, 9.17) is 9.84 Å². The number of nitrogens with zero attached hydrogens (tertiary/aromatic N) is 8. The molecule has 0 unspecified atom stereocenters. The molecule has 1 saturated carbocycles. The van der Waals surface area contributed by atoms with Crippen LogP contribution in [0.15, 0.2) is 30.9 Å². The second kappa shape index (κ2) is 9.34. The molecule has 5 rings (SSSR count). The number of nitrogens with one attached hydrogen (secondary N) is 1. The summed E-state index contributed by atoms with van der Waals surface area (Å²) in [5.41, 5.74) is 0.551. The van der Waals surface area contributed by atoms with Gasteiger partial charge in [0.25, 0.3) is 0 Å². The number of aromatic nitrogens is 7. The van der Waals surface area contributed by atoms with Gasteiger partial charge in [0.15, 0.2) is 5.75 Å². The van der Waals surface area contributed by atoms with E-state index in [9.17, 15) is 18.4 Å². The predicted molar refractivity (Wildman–Crippen MR) is 133 cm³/mol. The first-order chi connectivity index (χ1) is 18.0. The van der Waals surface area contributed by atoms with Gasteiger partial charge in [0.1, 0.15) is 17.1 Å². The summed E-state index contributed by atoms with van der Waals surface area (Å²) in [5, 5.41) is 26.3. The second-order valence-corrected chi connectivity index (χ2v) is 10.0. The lowest BCUT2D eigenvalue weighted by atomic mass is 9.93. The van der Waals surface area contributed by atoms with E-state index < -0.39 is 17.4 Å². The summed E-state index contributed by atoms with van der Waals surface area (Å²) >= 11 is 0. The molecule has 1 N–H and O–H groups in total. The molecule has 0 aromatic carbocycles. The van der Waals surface area contributed by atoms with Crippen LogP contribution in [0.4, 0.5) is 19.0 Å². The third-order valence-electron chi connectivity index (χ3n) is 6.90. The summed E-state index contributed by atoms with van der Waals surface area (Å²) in [6.45, 7) is 3.57. The van der Waals surface area contributed by atoms with Crippen molar-refractivity contribution < 1.29 is 17.9 Å². The zero-order valence-electron chi connectivity index (χ0n) is 21.5. The zero-order chi connectivity index (χ0) is 27.2. The smallest absolute Gasteiger partial charge is 0.438 e. The van der Waals surface area contributed by atoms with E-state index in [0.29, 0.717) is 37.2 Å². The van der Waals surface area contributed by atoms with Crippen molar-refractivity contribution >= 4 is 16.7 Å². The highest BCUT2D eigenvalue weighted by Gasteiger charge is 2.39. The van der Waals surface area contributed by atoms with Crippen molar-refractivity contribution in [2.75, 3.05) is 12.4 Å². The van der Waals surface area contributed by atoms with Gasteiger partial charge in [-0.3, -0.25) is 14.0 Å². The third kappa shape index (κ3) is 4.66. The van der Waals surface area contributed by atoms with Gasteiger partial charge in [0.2, 0.25) is 5.69 Å². The van der Waals surface area contributed by atoms with Gasteiger partial charge < -0.3 is 10.1 Å². The molecule has 200 valence electrons. The molecule has 0 spiro atoms. The largest absolute Gasteiger partial charge is 0.486 e. The van der Waals surface area contributed by atoms with E-state index in [1.807, 2.05) is 10.7 Å². The van der Waals surface area contributed by atoms with Crippen LogP contribution in [0, 0.1) is 11.3 Å². The Balaban J connectivity index is 1.41. The lowest BCUT2D eigenvalue weighted by Crippen LogP contribution is -2.27. The van der Waals surface area contributed by atoms with Gasteiger partial charge >= 0.3 is 6.18 Å². The average molecular weight is 528 g/mol. The number of halogens is 3. The maximum Gasteiger partial charge on any atom is 0.438 e. The number of hydrogen-bond acceptors (Lipinski definition) is 7. The number of rotatable bonds is 6. The molecule has 1 fully saturated rings. The van der Waals surface area contributed by atoms with Crippen molar-refractivity contribution in [3.05, 3.63) is 36.5 Å². The minimum Gasteiger partial charge on any atom is -0.486 e. The number of anilines is 1. The molecular formula is C25H28F3N9O. The van der Waals surface area contributed by atoms with E-state index in [2.05, 4.69) is 26.6 Å². The van der Waals surface area contributed by atoms with Crippen LogP contribution in [0.3, 0.4) is 0 Å².